The first-order valence-corrected chi connectivity index (χ1v) is 13.2. The molecule has 1 aliphatic carbocycles. The molecule has 0 saturated carbocycles. The summed E-state index contributed by atoms with van der Waals surface area (Å²) >= 11 is 6.16. The first kappa shape index (κ1) is 25.6. The number of rotatable bonds is 9. The van der Waals surface area contributed by atoms with Crippen molar-refractivity contribution in [2.45, 2.75) is 57.9 Å². The van der Waals surface area contributed by atoms with Crippen LogP contribution in [0.1, 0.15) is 62.3 Å². The maximum absolute atomic E-state index is 13.9. The zero-order chi connectivity index (χ0) is 24.9. The third kappa shape index (κ3) is 5.87. The fourth-order valence-corrected chi connectivity index (χ4v) is 5.43. The number of halogens is 1. The summed E-state index contributed by atoms with van der Waals surface area (Å²) in [5.41, 5.74) is 3.52. The maximum atomic E-state index is 13.9. The van der Waals surface area contributed by atoms with Crippen molar-refractivity contribution in [3.05, 3.63) is 65.1 Å². The summed E-state index contributed by atoms with van der Waals surface area (Å²) in [6.07, 6.45) is 6.72. The molecule has 2 aliphatic rings. The standard InChI is InChI=1S/C28H38ClN5O/c1-5-6-13-34(20(2)3)18-24(22-8-10-23(29)11-9-22)28(35)33-16-14-32(15-17-33)27-26-21(4)7-12-25(26)30-19-31-27/h5,8-11,19-21,24H,1,6-7,12-18H2,2-4H3. The van der Waals surface area contributed by atoms with Gasteiger partial charge in [-0.25, -0.2) is 9.97 Å². The normalized spacial score (nSPS) is 18.7. The summed E-state index contributed by atoms with van der Waals surface area (Å²) < 4.78 is 0. The van der Waals surface area contributed by atoms with Crippen molar-refractivity contribution >= 4 is 23.3 Å². The van der Waals surface area contributed by atoms with Crippen molar-refractivity contribution < 1.29 is 4.79 Å². The number of hydrogen-bond donors (Lipinski definition) is 0. The van der Waals surface area contributed by atoms with Crippen molar-refractivity contribution in [2.75, 3.05) is 44.2 Å². The molecular weight excluding hydrogens is 458 g/mol. The number of hydrogen-bond acceptors (Lipinski definition) is 5. The molecule has 1 saturated heterocycles. The molecule has 2 heterocycles. The third-order valence-electron chi connectivity index (χ3n) is 7.48. The van der Waals surface area contributed by atoms with E-state index in [0.717, 1.165) is 50.3 Å². The van der Waals surface area contributed by atoms with Gasteiger partial charge in [0.25, 0.3) is 0 Å². The monoisotopic (exact) mass is 495 g/mol. The molecule has 2 atom stereocenters. The van der Waals surface area contributed by atoms with Gasteiger partial charge in [-0.15, -0.1) is 6.58 Å². The number of carbonyl (C=O) groups is 1. The van der Waals surface area contributed by atoms with Gasteiger partial charge in [-0.3, -0.25) is 9.69 Å². The minimum Gasteiger partial charge on any atom is -0.353 e. The highest BCUT2D eigenvalue weighted by Gasteiger charge is 2.33. The Kier molecular flexibility index (Phi) is 8.45. The fraction of sp³-hybridized carbons (Fsp3) is 0.536. The van der Waals surface area contributed by atoms with Crippen molar-refractivity contribution in [2.24, 2.45) is 0 Å². The molecule has 0 spiro atoms. The predicted molar refractivity (Wildman–Crippen MR) is 143 cm³/mol. The van der Waals surface area contributed by atoms with E-state index in [1.807, 2.05) is 35.2 Å². The van der Waals surface area contributed by atoms with Crippen LogP contribution in [0.15, 0.2) is 43.2 Å². The lowest BCUT2D eigenvalue weighted by atomic mass is 9.95. The van der Waals surface area contributed by atoms with Crippen molar-refractivity contribution in [1.29, 1.82) is 0 Å². The van der Waals surface area contributed by atoms with Gasteiger partial charge in [-0.1, -0.05) is 36.7 Å². The highest BCUT2D eigenvalue weighted by molar-refractivity contribution is 6.30. The highest BCUT2D eigenvalue weighted by Crippen LogP contribution is 2.37. The van der Waals surface area contributed by atoms with Gasteiger partial charge in [-0.2, -0.15) is 0 Å². The zero-order valence-electron chi connectivity index (χ0n) is 21.3. The molecule has 6 nitrogen and oxygen atoms in total. The van der Waals surface area contributed by atoms with Gasteiger partial charge in [0.05, 0.1) is 5.92 Å². The second-order valence-corrected chi connectivity index (χ2v) is 10.5. The Morgan fingerprint density at radius 2 is 1.91 bits per heavy atom. The van der Waals surface area contributed by atoms with Gasteiger partial charge in [0, 0.05) is 61.6 Å². The van der Waals surface area contributed by atoms with E-state index >= 15 is 0 Å². The average Bonchev–Trinajstić information content (AvgIpc) is 3.25. The minimum atomic E-state index is -0.227. The topological polar surface area (TPSA) is 52.6 Å². The van der Waals surface area contributed by atoms with E-state index in [0.29, 0.717) is 36.6 Å². The van der Waals surface area contributed by atoms with Gasteiger partial charge in [0.2, 0.25) is 5.91 Å². The molecule has 2 aromatic rings. The molecule has 0 N–H and O–H groups in total. The number of piperazine rings is 1. The first-order valence-electron chi connectivity index (χ1n) is 12.9. The summed E-state index contributed by atoms with van der Waals surface area (Å²) in [6.45, 7) is 15.1. The summed E-state index contributed by atoms with van der Waals surface area (Å²) in [4.78, 5) is 29.8. The summed E-state index contributed by atoms with van der Waals surface area (Å²) in [6, 6.07) is 8.11. The maximum Gasteiger partial charge on any atom is 0.231 e. The number of anilines is 1. The van der Waals surface area contributed by atoms with E-state index in [-0.39, 0.29) is 11.8 Å². The van der Waals surface area contributed by atoms with Crippen molar-refractivity contribution in [3.8, 4) is 0 Å². The number of amides is 1. The van der Waals surface area contributed by atoms with Gasteiger partial charge >= 0.3 is 0 Å². The number of benzene rings is 1. The largest absolute Gasteiger partial charge is 0.353 e. The van der Waals surface area contributed by atoms with E-state index in [9.17, 15) is 4.79 Å². The lowest BCUT2D eigenvalue weighted by Gasteiger charge is -2.39. The van der Waals surface area contributed by atoms with Gasteiger partial charge in [-0.05, 0) is 56.7 Å². The Hall–Kier alpha value is -2.44. The second kappa shape index (κ2) is 11.5. The molecule has 2 unspecified atom stereocenters. The molecule has 1 aromatic heterocycles. The molecule has 0 bridgehead atoms. The molecule has 4 rings (SSSR count). The molecule has 1 fully saturated rings. The van der Waals surface area contributed by atoms with Crippen LogP contribution in [0.3, 0.4) is 0 Å². The van der Waals surface area contributed by atoms with Crippen LogP contribution in [0.4, 0.5) is 5.82 Å². The van der Waals surface area contributed by atoms with Crippen LogP contribution >= 0.6 is 11.6 Å². The number of fused-ring (bicyclic) bond motifs is 1. The Labute approximate surface area is 215 Å². The minimum absolute atomic E-state index is 0.192. The molecule has 188 valence electrons. The van der Waals surface area contributed by atoms with E-state index < -0.39 is 0 Å². The van der Waals surface area contributed by atoms with Gasteiger partial charge in [0.1, 0.15) is 12.1 Å². The van der Waals surface area contributed by atoms with Crippen LogP contribution in [0.2, 0.25) is 5.02 Å². The van der Waals surface area contributed by atoms with Crippen LogP contribution in [0.25, 0.3) is 0 Å². The predicted octanol–water partition coefficient (Wildman–Crippen LogP) is 4.90. The van der Waals surface area contributed by atoms with Crippen molar-refractivity contribution in [1.82, 2.24) is 19.8 Å². The molecule has 1 amide bonds. The molecule has 1 aliphatic heterocycles. The number of aryl methyl sites for hydroxylation is 1. The summed E-state index contributed by atoms with van der Waals surface area (Å²) in [5, 5.41) is 0.688. The number of aromatic nitrogens is 2. The Bertz CT molecular complexity index is 1020. The molecule has 7 heteroatoms. The Morgan fingerprint density at radius 3 is 2.57 bits per heavy atom. The van der Waals surface area contributed by atoms with E-state index in [1.165, 1.54) is 11.3 Å². The Morgan fingerprint density at radius 1 is 1.20 bits per heavy atom. The highest BCUT2D eigenvalue weighted by atomic mass is 35.5. The summed E-state index contributed by atoms with van der Waals surface area (Å²) in [7, 11) is 0. The number of nitrogens with zero attached hydrogens (tertiary/aromatic N) is 5. The fourth-order valence-electron chi connectivity index (χ4n) is 5.31. The summed E-state index contributed by atoms with van der Waals surface area (Å²) in [5.74, 6) is 1.52. The first-order chi connectivity index (χ1) is 16.9. The van der Waals surface area contributed by atoms with Crippen molar-refractivity contribution in [3.63, 3.8) is 0 Å². The number of carbonyl (C=O) groups excluding carboxylic acids is 1. The third-order valence-corrected chi connectivity index (χ3v) is 7.73. The average molecular weight is 496 g/mol. The Balaban J connectivity index is 1.49. The van der Waals surface area contributed by atoms with Crippen LogP contribution < -0.4 is 4.90 Å². The lowest BCUT2D eigenvalue weighted by Crippen LogP contribution is -2.52. The smallest absolute Gasteiger partial charge is 0.231 e. The molecule has 35 heavy (non-hydrogen) atoms. The SMILES string of the molecule is C=CCCN(CC(C(=O)N1CCN(c2ncnc3c2C(C)CC3)CC1)c1ccc(Cl)cc1)C(C)C. The lowest BCUT2D eigenvalue weighted by molar-refractivity contribution is -0.133. The van der Waals surface area contributed by atoms with Crippen LogP contribution in [0.5, 0.6) is 0 Å². The van der Waals surface area contributed by atoms with E-state index in [2.05, 4.69) is 47.1 Å². The van der Waals surface area contributed by atoms with Crippen LogP contribution in [0, 0.1) is 0 Å². The van der Waals surface area contributed by atoms with Gasteiger partial charge in [0.15, 0.2) is 0 Å². The molecule has 1 aromatic carbocycles. The molecule has 0 radical (unpaired) electrons. The van der Waals surface area contributed by atoms with Gasteiger partial charge < -0.3 is 9.80 Å². The molecular formula is C28H38ClN5O. The van der Waals surface area contributed by atoms with E-state index in [4.69, 9.17) is 11.6 Å². The quantitative estimate of drug-likeness (QED) is 0.463. The van der Waals surface area contributed by atoms with Crippen LogP contribution in [-0.4, -0.2) is 71.0 Å². The zero-order valence-corrected chi connectivity index (χ0v) is 22.0. The van der Waals surface area contributed by atoms with E-state index in [1.54, 1.807) is 6.33 Å². The second-order valence-electron chi connectivity index (χ2n) is 10.1. The van der Waals surface area contributed by atoms with Crippen LogP contribution in [-0.2, 0) is 11.2 Å².